The third kappa shape index (κ3) is 3.50. The van der Waals surface area contributed by atoms with E-state index in [9.17, 15) is 24.9 Å². The maximum Gasteiger partial charge on any atom is 0.353 e. The molecule has 0 saturated carbocycles. The molecule has 0 aromatic rings. The number of β-lactam (4-membered cyclic amide) rings is 1. The smallest absolute Gasteiger partial charge is 0.353 e. The van der Waals surface area contributed by atoms with Gasteiger partial charge in [-0.05, 0) is 45.2 Å². The van der Waals surface area contributed by atoms with Crippen molar-refractivity contribution < 1.29 is 24.9 Å². The fourth-order valence-electron chi connectivity index (χ4n) is 5.69. The van der Waals surface area contributed by atoms with Crippen LogP contribution >= 0.6 is 11.8 Å². The number of carboxylic acid groups (broad SMARTS) is 1. The van der Waals surface area contributed by atoms with E-state index in [-0.39, 0.29) is 35.5 Å². The van der Waals surface area contributed by atoms with Crippen molar-refractivity contribution in [3.8, 4) is 0 Å². The van der Waals surface area contributed by atoms with Gasteiger partial charge in [0.15, 0.2) is 0 Å². The Labute approximate surface area is 175 Å². The third-order valence-corrected chi connectivity index (χ3v) is 8.57. The maximum atomic E-state index is 12.5. The highest BCUT2D eigenvalue weighted by atomic mass is 32.2. The van der Waals surface area contributed by atoms with Gasteiger partial charge in [-0.3, -0.25) is 9.69 Å². The van der Waals surface area contributed by atoms with E-state index in [1.807, 2.05) is 6.92 Å². The standard InChI is InChI=1S/C20H31N3O5S/c1-10-16-15(11(2)25)19(26)23(16)17(20(27)28)18(10)29-13-6-14(22(8-13)9-24)12-4-3-5-21-7-12/h10-16,21,24-25H,3-9H2,1-2H3,(H,27,28)/t10?,11?,12?,13?,14?,15?,16-/m0/s1. The summed E-state index contributed by atoms with van der Waals surface area (Å²) in [7, 11) is 0. The molecule has 0 aromatic carbocycles. The Bertz CT molecular complexity index is 708. The van der Waals surface area contributed by atoms with Crippen LogP contribution in [-0.2, 0) is 9.59 Å². The summed E-state index contributed by atoms with van der Waals surface area (Å²) in [5.41, 5.74) is 0.0905. The normalized spacial score (nSPS) is 38.9. The van der Waals surface area contributed by atoms with E-state index in [4.69, 9.17) is 0 Å². The van der Waals surface area contributed by atoms with E-state index in [2.05, 4.69) is 10.2 Å². The number of thioether (sulfide) groups is 1. The Morgan fingerprint density at radius 2 is 2.17 bits per heavy atom. The van der Waals surface area contributed by atoms with Crippen LogP contribution in [0.5, 0.6) is 0 Å². The van der Waals surface area contributed by atoms with Gasteiger partial charge in [0.05, 0.1) is 24.8 Å². The van der Waals surface area contributed by atoms with Gasteiger partial charge in [-0.25, -0.2) is 4.79 Å². The van der Waals surface area contributed by atoms with Gasteiger partial charge in [0.2, 0.25) is 5.91 Å². The summed E-state index contributed by atoms with van der Waals surface area (Å²) >= 11 is 1.56. The lowest BCUT2D eigenvalue weighted by molar-refractivity contribution is -0.163. The summed E-state index contributed by atoms with van der Waals surface area (Å²) in [5.74, 6) is -1.52. The van der Waals surface area contributed by atoms with Crippen LogP contribution in [0.1, 0.15) is 33.1 Å². The average Bonchev–Trinajstić information content (AvgIpc) is 3.20. The number of hydrogen-bond acceptors (Lipinski definition) is 7. The summed E-state index contributed by atoms with van der Waals surface area (Å²) < 4.78 is 0. The molecule has 1 amide bonds. The second-order valence-electron chi connectivity index (χ2n) is 8.83. The van der Waals surface area contributed by atoms with E-state index >= 15 is 0 Å². The lowest BCUT2D eigenvalue weighted by Gasteiger charge is -2.46. The Hall–Kier alpha value is -1.13. The van der Waals surface area contributed by atoms with Gasteiger partial charge in [0, 0.05) is 28.7 Å². The number of aliphatic hydroxyl groups is 2. The van der Waals surface area contributed by atoms with Crippen molar-refractivity contribution in [1.29, 1.82) is 0 Å². The molecule has 3 fully saturated rings. The van der Waals surface area contributed by atoms with Gasteiger partial charge >= 0.3 is 5.97 Å². The number of fused-ring (bicyclic) bond motifs is 1. The van der Waals surface area contributed by atoms with Crippen LogP contribution in [0.15, 0.2) is 10.6 Å². The fourth-order valence-corrected chi connectivity index (χ4v) is 7.26. The van der Waals surface area contributed by atoms with Gasteiger partial charge in [-0.15, -0.1) is 11.8 Å². The molecule has 0 aromatic heterocycles. The summed E-state index contributed by atoms with van der Waals surface area (Å²) in [6, 6.07) is 0.0181. The monoisotopic (exact) mass is 425 g/mol. The minimum atomic E-state index is -1.08. The number of piperidine rings is 1. The molecule has 4 heterocycles. The van der Waals surface area contributed by atoms with Crippen LogP contribution in [0, 0.1) is 17.8 Å². The van der Waals surface area contributed by atoms with Crippen molar-refractivity contribution in [3.05, 3.63) is 10.6 Å². The summed E-state index contributed by atoms with van der Waals surface area (Å²) in [5, 5.41) is 33.3. The molecule has 8 nitrogen and oxygen atoms in total. The molecule has 9 heteroatoms. The third-order valence-electron chi connectivity index (χ3n) is 7.08. The zero-order chi connectivity index (χ0) is 20.9. The minimum Gasteiger partial charge on any atom is -0.477 e. The molecular formula is C20H31N3O5S. The van der Waals surface area contributed by atoms with Crippen LogP contribution in [0.3, 0.4) is 0 Å². The first-order valence-electron chi connectivity index (χ1n) is 10.6. The van der Waals surface area contributed by atoms with Crippen LogP contribution in [-0.4, -0.2) is 86.8 Å². The quantitative estimate of drug-likeness (QED) is 0.449. The number of nitrogens with one attached hydrogen (secondary N) is 1. The molecule has 7 atom stereocenters. The van der Waals surface area contributed by atoms with Gasteiger partial charge in [-0.1, -0.05) is 6.92 Å². The molecule has 3 saturated heterocycles. The lowest BCUT2D eigenvalue weighted by atomic mass is 9.79. The minimum absolute atomic E-state index is 0.00987. The number of rotatable bonds is 6. The molecule has 4 N–H and O–H groups in total. The lowest BCUT2D eigenvalue weighted by Crippen LogP contribution is -2.63. The number of carbonyl (C=O) groups is 2. The number of aliphatic hydroxyl groups excluding tert-OH is 2. The van der Waals surface area contributed by atoms with Gasteiger partial charge in [0.25, 0.3) is 0 Å². The van der Waals surface area contributed by atoms with Gasteiger partial charge in [0.1, 0.15) is 5.70 Å². The van der Waals surface area contributed by atoms with Crippen LogP contribution < -0.4 is 5.32 Å². The first-order valence-corrected chi connectivity index (χ1v) is 11.4. The molecule has 4 rings (SSSR count). The molecular weight excluding hydrogens is 394 g/mol. The second-order valence-corrected chi connectivity index (χ2v) is 10.2. The molecule has 0 aliphatic carbocycles. The molecule has 0 spiro atoms. The second kappa shape index (κ2) is 8.19. The van der Waals surface area contributed by atoms with Crippen LogP contribution in [0.25, 0.3) is 0 Å². The predicted octanol–water partition coefficient (Wildman–Crippen LogP) is 0.266. The number of likely N-dealkylation sites (tertiary alicyclic amines) is 1. The SMILES string of the molecule is CC(O)C1C(=O)N2C(C(=O)O)=C(SC3CC(C4CCCNC4)N(CO)C3)C(C)[C@@H]12. The van der Waals surface area contributed by atoms with Crippen molar-refractivity contribution in [1.82, 2.24) is 15.1 Å². The number of aliphatic carboxylic acids is 1. The Balaban J connectivity index is 1.52. The highest BCUT2D eigenvalue weighted by Gasteiger charge is 2.60. The molecule has 0 radical (unpaired) electrons. The highest BCUT2D eigenvalue weighted by Crippen LogP contribution is 2.52. The Morgan fingerprint density at radius 3 is 2.76 bits per heavy atom. The van der Waals surface area contributed by atoms with Crippen LogP contribution in [0.4, 0.5) is 0 Å². The van der Waals surface area contributed by atoms with E-state index in [1.165, 1.54) is 4.90 Å². The molecule has 0 bridgehead atoms. The maximum absolute atomic E-state index is 12.5. The van der Waals surface area contributed by atoms with Crippen molar-refractivity contribution in [3.63, 3.8) is 0 Å². The first kappa shape index (κ1) is 21.1. The van der Waals surface area contributed by atoms with Crippen molar-refractivity contribution in [2.45, 2.75) is 56.5 Å². The molecule has 29 heavy (non-hydrogen) atoms. The zero-order valence-electron chi connectivity index (χ0n) is 17.0. The summed E-state index contributed by atoms with van der Waals surface area (Å²) in [4.78, 5) is 28.7. The molecule has 4 aliphatic heterocycles. The topological polar surface area (TPSA) is 113 Å². The summed E-state index contributed by atoms with van der Waals surface area (Å²) in [6.45, 7) is 6.27. The van der Waals surface area contributed by atoms with Crippen molar-refractivity contribution in [2.24, 2.45) is 17.8 Å². The number of carboxylic acids is 1. The Morgan fingerprint density at radius 1 is 1.41 bits per heavy atom. The van der Waals surface area contributed by atoms with Gasteiger partial charge < -0.3 is 25.5 Å². The van der Waals surface area contributed by atoms with Gasteiger partial charge in [-0.2, -0.15) is 0 Å². The van der Waals surface area contributed by atoms with E-state index in [0.29, 0.717) is 18.5 Å². The largest absolute Gasteiger partial charge is 0.477 e. The zero-order valence-corrected chi connectivity index (χ0v) is 17.8. The van der Waals surface area contributed by atoms with Crippen LogP contribution in [0.2, 0.25) is 0 Å². The van der Waals surface area contributed by atoms with Crippen molar-refractivity contribution >= 4 is 23.6 Å². The molecule has 4 aliphatic rings. The highest BCUT2D eigenvalue weighted by molar-refractivity contribution is 8.03. The first-order chi connectivity index (χ1) is 13.8. The van der Waals surface area contributed by atoms with E-state index in [0.717, 1.165) is 37.3 Å². The fraction of sp³-hybridized carbons (Fsp3) is 0.800. The molecule has 6 unspecified atom stereocenters. The number of hydrogen-bond donors (Lipinski definition) is 4. The number of amides is 1. The molecule has 162 valence electrons. The van der Waals surface area contributed by atoms with E-state index < -0.39 is 18.0 Å². The number of nitrogens with zero attached hydrogens (tertiary/aromatic N) is 2. The average molecular weight is 426 g/mol. The number of carbonyl (C=O) groups excluding carboxylic acids is 1. The summed E-state index contributed by atoms with van der Waals surface area (Å²) in [6.07, 6.45) is 2.40. The predicted molar refractivity (Wildman–Crippen MR) is 109 cm³/mol. The van der Waals surface area contributed by atoms with E-state index in [1.54, 1.807) is 18.7 Å². The van der Waals surface area contributed by atoms with Crippen molar-refractivity contribution in [2.75, 3.05) is 26.4 Å². The Kier molecular flexibility index (Phi) is 5.96.